The summed E-state index contributed by atoms with van der Waals surface area (Å²) < 4.78 is 39.4. The van der Waals surface area contributed by atoms with Gasteiger partial charge < -0.3 is 0 Å². The van der Waals surface area contributed by atoms with Gasteiger partial charge in [-0.25, -0.2) is 17.5 Å². The van der Waals surface area contributed by atoms with Gasteiger partial charge in [-0.2, -0.15) is 0 Å². The quantitative estimate of drug-likeness (QED) is 0.849. The highest BCUT2D eigenvalue weighted by molar-refractivity contribution is 9.09. The third-order valence-corrected chi connectivity index (χ3v) is 5.68. The van der Waals surface area contributed by atoms with Gasteiger partial charge in [-0.1, -0.05) is 22.4 Å². The molecule has 1 N–H and O–H groups in total. The van der Waals surface area contributed by atoms with E-state index in [2.05, 4.69) is 20.7 Å². The molecule has 1 fully saturated rings. The van der Waals surface area contributed by atoms with Crippen molar-refractivity contribution in [1.29, 1.82) is 0 Å². The normalized spacial score (nSPS) is 24.3. The summed E-state index contributed by atoms with van der Waals surface area (Å²) >= 11 is 3.58. The van der Waals surface area contributed by atoms with E-state index in [0.29, 0.717) is 17.3 Å². The van der Waals surface area contributed by atoms with Crippen molar-refractivity contribution in [2.24, 2.45) is 5.92 Å². The van der Waals surface area contributed by atoms with Crippen LogP contribution in [0.25, 0.3) is 0 Å². The maximum absolute atomic E-state index is 12.8. The highest BCUT2D eigenvalue weighted by Gasteiger charge is 2.22. The van der Waals surface area contributed by atoms with Gasteiger partial charge in [0.1, 0.15) is 5.82 Å². The fourth-order valence-corrected chi connectivity index (χ4v) is 4.30. The lowest BCUT2D eigenvalue weighted by molar-refractivity contribution is 0.368. The van der Waals surface area contributed by atoms with Gasteiger partial charge in [-0.05, 0) is 49.4 Å². The Balaban J connectivity index is 1.96. The molecule has 1 aliphatic rings. The molecule has 0 aromatic heterocycles. The highest BCUT2D eigenvalue weighted by Crippen LogP contribution is 2.28. The summed E-state index contributed by atoms with van der Waals surface area (Å²) in [6.07, 6.45) is 4.32. The largest absolute Gasteiger partial charge is 0.240 e. The summed E-state index contributed by atoms with van der Waals surface area (Å²) in [5.74, 6) is -0.0679. The van der Waals surface area contributed by atoms with E-state index < -0.39 is 15.8 Å². The van der Waals surface area contributed by atoms with Crippen LogP contribution < -0.4 is 4.72 Å². The zero-order valence-electron chi connectivity index (χ0n) is 10.5. The minimum Gasteiger partial charge on any atom is -0.211 e. The Bertz CT molecular complexity index is 518. The Morgan fingerprint density at radius 1 is 1.26 bits per heavy atom. The number of benzene rings is 1. The molecule has 2 atom stereocenters. The standard InChI is InChI=1S/C13H17BrFNO2S/c14-11-3-1-2-10(8-11)9-16-19(17,18)13-6-4-12(15)5-7-13/h4-7,10-11,16H,1-3,8-9H2. The van der Waals surface area contributed by atoms with Crippen molar-refractivity contribution < 1.29 is 12.8 Å². The van der Waals surface area contributed by atoms with Crippen LogP contribution in [0.4, 0.5) is 4.39 Å². The Morgan fingerprint density at radius 2 is 1.95 bits per heavy atom. The van der Waals surface area contributed by atoms with Gasteiger partial charge in [0.25, 0.3) is 0 Å². The molecule has 2 unspecified atom stereocenters. The number of rotatable bonds is 4. The lowest BCUT2D eigenvalue weighted by Crippen LogP contribution is -2.32. The van der Waals surface area contributed by atoms with Gasteiger partial charge in [-0.15, -0.1) is 0 Å². The van der Waals surface area contributed by atoms with Crippen LogP contribution >= 0.6 is 15.9 Å². The average molecular weight is 350 g/mol. The maximum Gasteiger partial charge on any atom is 0.240 e. The minimum absolute atomic E-state index is 0.111. The Labute approximate surface area is 121 Å². The molecule has 0 aliphatic heterocycles. The molecule has 106 valence electrons. The van der Waals surface area contributed by atoms with E-state index >= 15 is 0 Å². The molecule has 6 heteroatoms. The molecular formula is C13H17BrFNO2S. The molecule has 1 aromatic carbocycles. The second kappa shape index (κ2) is 6.33. The van der Waals surface area contributed by atoms with Crippen LogP contribution in [-0.2, 0) is 10.0 Å². The molecule has 3 nitrogen and oxygen atoms in total. The number of hydrogen-bond acceptors (Lipinski definition) is 2. The first-order valence-electron chi connectivity index (χ1n) is 6.36. The van der Waals surface area contributed by atoms with E-state index in [-0.39, 0.29) is 4.90 Å². The number of nitrogens with one attached hydrogen (secondary N) is 1. The first-order chi connectivity index (χ1) is 8.97. The molecule has 1 aliphatic carbocycles. The second-order valence-corrected chi connectivity index (χ2v) is 8.00. The molecule has 2 rings (SSSR count). The van der Waals surface area contributed by atoms with Crippen LogP contribution in [0.2, 0.25) is 0 Å². The fraction of sp³-hybridized carbons (Fsp3) is 0.538. The van der Waals surface area contributed by atoms with Crippen molar-refractivity contribution in [2.75, 3.05) is 6.54 Å². The zero-order chi connectivity index (χ0) is 13.9. The molecule has 1 aromatic rings. The third-order valence-electron chi connectivity index (χ3n) is 3.40. The molecule has 1 saturated carbocycles. The summed E-state index contributed by atoms with van der Waals surface area (Å²) in [4.78, 5) is 0.599. The molecule has 0 heterocycles. The van der Waals surface area contributed by atoms with Crippen LogP contribution in [0.3, 0.4) is 0 Å². The maximum atomic E-state index is 12.8. The van der Waals surface area contributed by atoms with E-state index in [1.807, 2.05) is 0 Å². The van der Waals surface area contributed by atoms with Crippen LogP contribution in [0, 0.1) is 11.7 Å². The topological polar surface area (TPSA) is 46.2 Å². The molecule has 19 heavy (non-hydrogen) atoms. The average Bonchev–Trinajstić information content (AvgIpc) is 2.37. The number of sulfonamides is 1. The van der Waals surface area contributed by atoms with Crippen molar-refractivity contribution in [1.82, 2.24) is 4.72 Å². The summed E-state index contributed by atoms with van der Waals surface area (Å²) in [5, 5.41) is 0. The number of hydrogen-bond donors (Lipinski definition) is 1. The van der Waals surface area contributed by atoms with Gasteiger partial charge in [-0.3, -0.25) is 0 Å². The third kappa shape index (κ3) is 4.26. The Kier molecular flexibility index (Phi) is 4.97. The van der Waals surface area contributed by atoms with E-state index in [1.165, 1.54) is 12.1 Å². The molecule has 0 spiro atoms. The molecule has 0 amide bonds. The van der Waals surface area contributed by atoms with Gasteiger partial charge in [0.05, 0.1) is 4.90 Å². The predicted molar refractivity (Wildman–Crippen MR) is 76.3 cm³/mol. The van der Waals surface area contributed by atoms with Crippen LogP contribution in [-0.4, -0.2) is 19.8 Å². The molecule has 0 saturated heterocycles. The monoisotopic (exact) mass is 349 g/mol. The minimum atomic E-state index is -3.53. The van der Waals surface area contributed by atoms with Crippen LogP contribution in [0.5, 0.6) is 0 Å². The zero-order valence-corrected chi connectivity index (χ0v) is 12.9. The Hall–Kier alpha value is -0.460. The summed E-state index contributed by atoms with van der Waals surface area (Å²) in [6.45, 7) is 0.446. The van der Waals surface area contributed by atoms with Gasteiger partial charge in [0.15, 0.2) is 0 Å². The van der Waals surface area contributed by atoms with Gasteiger partial charge >= 0.3 is 0 Å². The second-order valence-electron chi connectivity index (χ2n) is 4.94. The molecule has 0 radical (unpaired) electrons. The SMILES string of the molecule is O=S(=O)(NCC1CCCC(Br)C1)c1ccc(F)cc1. The summed E-state index contributed by atoms with van der Waals surface area (Å²) in [6, 6.07) is 4.88. The van der Waals surface area contributed by atoms with Crippen molar-refractivity contribution in [3.05, 3.63) is 30.1 Å². The first-order valence-corrected chi connectivity index (χ1v) is 8.76. The first kappa shape index (κ1) is 14.9. The van der Waals surface area contributed by atoms with Crippen LogP contribution in [0.15, 0.2) is 29.2 Å². The lowest BCUT2D eigenvalue weighted by atomic mass is 9.89. The number of halogens is 2. The number of alkyl halides is 1. The highest BCUT2D eigenvalue weighted by atomic mass is 79.9. The van der Waals surface area contributed by atoms with Crippen LogP contribution in [0.1, 0.15) is 25.7 Å². The van der Waals surface area contributed by atoms with E-state index in [9.17, 15) is 12.8 Å². The van der Waals surface area contributed by atoms with Crippen molar-refractivity contribution in [3.63, 3.8) is 0 Å². The Morgan fingerprint density at radius 3 is 2.58 bits per heavy atom. The van der Waals surface area contributed by atoms with Gasteiger partial charge in [0.2, 0.25) is 10.0 Å². The summed E-state index contributed by atoms with van der Waals surface area (Å²) in [5.41, 5.74) is 0. The summed E-state index contributed by atoms with van der Waals surface area (Å²) in [7, 11) is -3.53. The lowest BCUT2D eigenvalue weighted by Gasteiger charge is -2.25. The fourth-order valence-electron chi connectivity index (χ4n) is 2.34. The molecule has 0 bridgehead atoms. The van der Waals surface area contributed by atoms with Crippen molar-refractivity contribution in [3.8, 4) is 0 Å². The molecular weight excluding hydrogens is 333 g/mol. The van der Waals surface area contributed by atoms with Crippen molar-refractivity contribution >= 4 is 26.0 Å². The smallest absolute Gasteiger partial charge is 0.211 e. The van der Waals surface area contributed by atoms with E-state index in [1.54, 1.807) is 0 Å². The predicted octanol–water partition coefficient (Wildman–Crippen LogP) is 3.06. The van der Waals surface area contributed by atoms with Gasteiger partial charge in [0, 0.05) is 11.4 Å². The van der Waals surface area contributed by atoms with Crippen molar-refractivity contribution in [2.45, 2.75) is 35.4 Å². The van der Waals surface area contributed by atoms with E-state index in [4.69, 9.17) is 0 Å². The van der Waals surface area contributed by atoms with E-state index in [0.717, 1.165) is 37.8 Å².